The minimum atomic E-state index is -2.82. The molecule has 4 aliphatic rings. The third kappa shape index (κ3) is 4.59. The molecule has 186 valence electrons. The number of ketones is 1. The van der Waals surface area contributed by atoms with Crippen molar-refractivity contribution >= 4 is 5.78 Å². The van der Waals surface area contributed by atoms with Crippen molar-refractivity contribution in [1.82, 2.24) is 4.90 Å². The van der Waals surface area contributed by atoms with Gasteiger partial charge in [0.15, 0.2) is 0 Å². The van der Waals surface area contributed by atoms with Crippen LogP contribution in [-0.4, -0.2) is 29.8 Å². The number of alkyl halides is 2. The Bertz CT molecular complexity index is 1050. The monoisotopic (exact) mass is 477 g/mol. The summed E-state index contributed by atoms with van der Waals surface area (Å²) in [6.07, 6.45) is 8.53. The minimum absolute atomic E-state index is 0.0512. The first-order chi connectivity index (χ1) is 16.8. The molecule has 2 aromatic carbocycles. The van der Waals surface area contributed by atoms with E-state index in [4.69, 9.17) is 0 Å². The number of hydrogen-bond donors (Lipinski definition) is 0. The van der Waals surface area contributed by atoms with Crippen LogP contribution in [0.25, 0.3) is 0 Å². The van der Waals surface area contributed by atoms with Gasteiger partial charge < -0.3 is 0 Å². The Morgan fingerprint density at radius 2 is 1.66 bits per heavy atom. The van der Waals surface area contributed by atoms with Gasteiger partial charge in [-0.3, -0.25) is 9.69 Å². The first kappa shape index (κ1) is 23.3. The number of piperidine rings is 1. The van der Waals surface area contributed by atoms with Crippen LogP contribution < -0.4 is 0 Å². The maximum atomic E-state index is 13.8. The lowest BCUT2D eigenvalue weighted by atomic mass is 9.81. The van der Waals surface area contributed by atoms with Crippen molar-refractivity contribution in [2.45, 2.75) is 81.6 Å². The summed E-state index contributed by atoms with van der Waals surface area (Å²) in [7, 11) is 0. The topological polar surface area (TPSA) is 20.3 Å². The highest BCUT2D eigenvalue weighted by Crippen LogP contribution is 2.56. The van der Waals surface area contributed by atoms with E-state index in [1.807, 2.05) is 6.07 Å². The van der Waals surface area contributed by atoms with Crippen molar-refractivity contribution in [2.75, 3.05) is 13.1 Å². The molecule has 4 heteroatoms. The minimum Gasteiger partial charge on any atom is -0.300 e. The molecule has 1 saturated heterocycles. The number of hydrogen-bond acceptors (Lipinski definition) is 2. The smallest absolute Gasteiger partial charge is 0.270 e. The van der Waals surface area contributed by atoms with Crippen LogP contribution in [0, 0.1) is 17.8 Å². The van der Waals surface area contributed by atoms with Crippen molar-refractivity contribution < 1.29 is 13.6 Å². The normalized spacial score (nSPS) is 31.7. The second kappa shape index (κ2) is 8.80. The van der Waals surface area contributed by atoms with Gasteiger partial charge in [-0.05, 0) is 85.3 Å². The molecule has 1 unspecified atom stereocenters. The number of Topliss-reactive ketones (excluding diaryl/α,β-unsaturated/α-hetero) is 1. The van der Waals surface area contributed by atoms with Gasteiger partial charge in [0, 0.05) is 44.0 Å². The molecule has 1 aliphatic heterocycles. The fourth-order valence-electron chi connectivity index (χ4n) is 7.32. The van der Waals surface area contributed by atoms with Crippen molar-refractivity contribution in [3.63, 3.8) is 0 Å². The van der Waals surface area contributed by atoms with Crippen molar-refractivity contribution in [3.8, 4) is 0 Å². The molecular formula is C31H37F2NO. The summed E-state index contributed by atoms with van der Waals surface area (Å²) in [6.45, 7) is 3.15. The van der Waals surface area contributed by atoms with Crippen LogP contribution in [0.4, 0.5) is 8.78 Å². The number of benzene rings is 2. The van der Waals surface area contributed by atoms with Gasteiger partial charge in [0.05, 0.1) is 0 Å². The molecule has 1 heterocycles. The highest BCUT2D eigenvalue weighted by Gasteiger charge is 2.59. The van der Waals surface area contributed by atoms with Gasteiger partial charge in [-0.2, -0.15) is 0 Å². The summed E-state index contributed by atoms with van der Waals surface area (Å²) < 4.78 is 27.6. The number of carbonyl (C=O) groups is 1. The maximum Gasteiger partial charge on any atom is 0.270 e. The summed E-state index contributed by atoms with van der Waals surface area (Å²) in [5.74, 6) is -0.305. The van der Waals surface area contributed by atoms with Crippen LogP contribution in [0.15, 0.2) is 54.6 Å². The third-order valence-corrected chi connectivity index (χ3v) is 9.76. The Balaban J connectivity index is 0.980. The van der Waals surface area contributed by atoms with Gasteiger partial charge in [0.1, 0.15) is 5.78 Å². The molecule has 3 atom stereocenters. The molecule has 3 aliphatic carbocycles. The van der Waals surface area contributed by atoms with E-state index in [2.05, 4.69) is 35.2 Å². The van der Waals surface area contributed by atoms with E-state index in [0.29, 0.717) is 36.0 Å². The van der Waals surface area contributed by atoms with Crippen LogP contribution in [0.2, 0.25) is 0 Å². The van der Waals surface area contributed by atoms with E-state index in [-0.39, 0.29) is 16.9 Å². The number of halogens is 2. The molecule has 0 aromatic heterocycles. The summed E-state index contributed by atoms with van der Waals surface area (Å²) in [5, 5.41) is 0. The average Bonchev–Trinajstić information content (AvgIpc) is 3.77. The second-order valence-electron chi connectivity index (χ2n) is 11.9. The Labute approximate surface area is 208 Å². The zero-order valence-corrected chi connectivity index (χ0v) is 20.8. The highest BCUT2D eigenvalue weighted by molar-refractivity contribution is 5.85. The van der Waals surface area contributed by atoms with E-state index in [1.165, 1.54) is 37.3 Å². The number of nitrogens with zero attached hydrogens (tertiary/aromatic N) is 1. The largest absolute Gasteiger partial charge is 0.300 e. The maximum absolute atomic E-state index is 13.8. The van der Waals surface area contributed by atoms with Crippen LogP contribution in [0.1, 0.15) is 80.9 Å². The summed E-state index contributed by atoms with van der Waals surface area (Å²) >= 11 is 0. The lowest BCUT2D eigenvalue weighted by Gasteiger charge is -2.36. The van der Waals surface area contributed by atoms with Crippen LogP contribution in [0.3, 0.4) is 0 Å². The van der Waals surface area contributed by atoms with E-state index in [9.17, 15) is 13.6 Å². The molecule has 4 fully saturated rings. The van der Waals surface area contributed by atoms with E-state index in [0.717, 1.165) is 44.8 Å². The molecule has 0 radical (unpaired) electrons. The summed E-state index contributed by atoms with van der Waals surface area (Å²) in [5.41, 5.74) is 2.52. The van der Waals surface area contributed by atoms with Gasteiger partial charge in [-0.1, -0.05) is 48.5 Å². The fraction of sp³-hybridized carbons (Fsp3) is 0.581. The van der Waals surface area contributed by atoms with Gasteiger partial charge in [0.25, 0.3) is 5.92 Å². The Kier molecular flexibility index (Phi) is 5.86. The fourth-order valence-corrected chi connectivity index (χ4v) is 7.32. The number of rotatable bonds is 8. The van der Waals surface area contributed by atoms with E-state index < -0.39 is 5.92 Å². The molecule has 35 heavy (non-hydrogen) atoms. The molecular weight excluding hydrogens is 440 g/mol. The first-order valence-corrected chi connectivity index (χ1v) is 13.6. The number of fused-ring (bicyclic) bond motifs is 1. The summed E-state index contributed by atoms with van der Waals surface area (Å²) in [6, 6.07) is 18.5. The predicted octanol–water partition coefficient (Wildman–Crippen LogP) is 7.08. The van der Waals surface area contributed by atoms with Crippen molar-refractivity contribution in [2.24, 2.45) is 17.8 Å². The molecule has 2 nitrogen and oxygen atoms in total. The molecule has 0 bridgehead atoms. The standard InChI is InChI=1S/C31H37F2NO/c1-30(32,33)23-8-5-9-24(18-23)31(16-17-31)15-14-28(35)29-26-19-34(20-27(26)29)25-12-10-22(11-13-25)21-6-3-2-4-7-21/h2-9,18,22,25-27,29H,10-17,19-20H2,1H3/t22?,25?,26-,27+,29?. The first-order valence-electron chi connectivity index (χ1n) is 13.6. The predicted molar refractivity (Wildman–Crippen MR) is 135 cm³/mol. The molecule has 0 amide bonds. The summed E-state index contributed by atoms with van der Waals surface area (Å²) in [4.78, 5) is 15.8. The van der Waals surface area contributed by atoms with Gasteiger partial charge in [0.2, 0.25) is 0 Å². The molecule has 6 rings (SSSR count). The molecule has 0 spiro atoms. The van der Waals surface area contributed by atoms with Crippen LogP contribution in [0.5, 0.6) is 0 Å². The Morgan fingerprint density at radius 1 is 0.971 bits per heavy atom. The van der Waals surface area contributed by atoms with Crippen molar-refractivity contribution in [3.05, 3.63) is 71.3 Å². The third-order valence-electron chi connectivity index (χ3n) is 9.76. The van der Waals surface area contributed by atoms with Gasteiger partial charge in [-0.15, -0.1) is 0 Å². The van der Waals surface area contributed by atoms with Gasteiger partial charge in [-0.25, -0.2) is 8.78 Å². The van der Waals surface area contributed by atoms with Crippen LogP contribution in [-0.2, 0) is 16.1 Å². The lowest BCUT2D eigenvalue weighted by Crippen LogP contribution is -2.38. The molecule has 3 saturated carbocycles. The van der Waals surface area contributed by atoms with E-state index in [1.54, 1.807) is 12.1 Å². The van der Waals surface area contributed by atoms with Crippen LogP contribution >= 0.6 is 0 Å². The number of carbonyl (C=O) groups excluding carboxylic acids is 1. The zero-order chi connectivity index (χ0) is 24.2. The lowest BCUT2D eigenvalue weighted by molar-refractivity contribution is -0.121. The average molecular weight is 478 g/mol. The number of likely N-dealkylation sites (tertiary alicyclic amines) is 1. The van der Waals surface area contributed by atoms with Gasteiger partial charge >= 0.3 is 0 Å². The molecule has 0 N–H and O–H groups in total. The van der Waals surface area contributed by atoms with E-state index >= 15 is 0 Å². The Morgan fingerprint density at radius 3 is 2.29 bits per heavy atom. The SMILES string of the molecule is CC(F)(F)c1cccc(C2(CCC(=O)C3[C@H]4CN(C5CCC(c6ccccc6)CC5)C[C@@H]34)CC2)c1. The van der Waals surface area contributed by atoms with Crippen molar-refractivity contribution in [1.29, 1.82) is 0 Å². The zero-order valence-electron chi connectivity index (χ0n) is 20.8. The molecule has 2 aromatic rings. The second-order valence-corrected chi connectivity index (χ2v) is 11.9. The quantitative estimate of drug-likeness (QED) is 0.405. The highest BCUT2D eigenvalue weighted by atomic mass is 19.3. The Hall–Kier alpha value is -2.07.